The molecular formula is C15H16N4O. The van der Waals surface area contributed by atoms with E-state index in [9.17, 15) is 4.79 Å². The third-order valence-electron chi connectivity index (χ3n) is 4.52. The van der Waals surface area contributed by atoms with Gasteiger partial charge in [-0.25, -0.2) is 0 Å². The fourth-order valence-electron chi connectivity index (χ4n) is 3.42. The summed E-state index contributed by atoms with van der Waals surface area (Å²) in [4.78, 5) is 14.6. The maximum absolute atomic E-state index is 12.6. The van der Waals surface area contributed by atoms with Gasteiger partial charge in [-0.1, -0.05) is 12.5 Å². The zero-order valence-corrected chi connectivity index (χ0v) is 11.1. The number of amides is 1. The molecule has 1 aliphatic heterocycles. The molecule has 1 aromatic heterocycles. The van der Waals surface area contributed by atoms with Crippen LogP contribution in [0.3, 0.4) is 0 Å². The van der Waals surface area contributed by atoms with E-state index >= 15 is 0 Å². The van der Waals surface area contributed by atoms with Crippen molar-refractivity contribution in [1.82, 2.24) is 19.7 Å². The molecule has 102 valence electrons. The highest BCUT2D eigenvalue weighted by Crippen LogP contribution is 2.39. The second kappa shape index (κ2) is 4.44. The first-order valence-electron chi connectivity index (χ1n) is 7.09. The number of rotatable bonds is 2. The van der Waals surface area contributed by atoms with E-state index in [4.69, 9.17) is 0 Å². The van der Waals surface area contributed by atoms with Gasteiger partial charge in [-0.2, -0.15) is 0 Å². The molecule has 2 heterocycles. The molecule has 2 fully saturated rings. The van der Waals surface area contributed by atoms with Crippen LogP contribution in [0.25, 0.3) is 5.69 Å². The summed E-state index contributed by atoms with van der Waals surface area (Å²) >= 11 is 0. The third-order valence-corrected chi connectivity index (χ3v) is 4.52. The Bertz CT molecular complexity index is 637. The minimum atomic E-state index is 0.156. The highest BCUT2D eigenvalue weighted by molar-refractivity contribution is 5.95. The van der Waals surface area contributed by atoms with Crippen LogP contribution in [0.5, 0.6) is 0 Å². The summed E-state index contributed by atoms with van der Waals surface area (Å²) in [6.45, 7) is 0.931. The highest BCUT2D eigenvalue weighted by Gasteiger charge is 2.44. The van der Waals surface area contributed by atoms with Gasteiger partial charge in [0, 0.05) is 23.8 Å². The Kier molecular flexibility index (Phi) is 2.58. The molecule has 0 N–H and O–H groups in total. The number of aromatic nitrogens is 3. The van der Waals surface area contributed by atoms with Crippen molar-refractivity contribution in [3.05, 3.63) is 42.5 Å². The molecule has 0 spiro atoms. The lowest BCUT2D eigenvalue weighted by atomic mass is 9.91. The molecule has 1 saturated heterocycles. The van der Waals surface area contributed by atoms with Gasteiger partial charge in [-0.3, -0.25) is 9.36 Å². The molecule has 1 saturated carbocycles. The Morgan fingerprint density at radius 1 is 1.20 bits per heavy atom. The van der Waals surface area contributed by atoms with E-state index in [2.05, 4.69) is 10.2 Å². The Morgan fingerprint density at radius 2 is 2.05 bits per heavy atom. The van der Waals surface area contributed by atoms with Crippen LogP contribution < -0.4 is 0 Å². The first-order valence-corrected chi connectivity index (χ1v) is 7.09. The smallest absolute Gasteiger partial charge is 0.254 e. The number of likely N-dealkylation sites (tertiary alicyclic amines) is 1. The van der Waals surface area contributed by atoms with Crippen molar-refractivity contribution in [2.75, 3.05) is 6.54 Å². The van der Waals surface area contributed by atoms with Crippen LogP contribution in [0.15, 0.2) is 36.9 Å². The molecule has 0 radical (unpaired) electrons. The number of carbonyl (C=O) groups excluding carboxylic acids is 1. The van der Waals surface area contributed by atoms with E-state index < -0.39 is 0 Å². The van der Waals surface area contributed by atoms with Gasteiger partial charge in [0.15, 0.2) is 0 Å². The van der Waals surface area contributed by atoms with Crippen molar-refractivity contribution < 1.29 is 4.79 Å². The Labute approximate surface area is 117 Å². The van der Waals surface area contributed by atoms with Gasteiger partial charge < -0.3 is 4.90 Å². The molecular weight excluding hydrogens is 252 g/mol. The van der Waals surface area contributed by atoms with Crippen LogP contribution in [-0.2, 0) is 0 Å². The zero-order valence-electron chi connectivity index (χ0n) is 11.1. The molecule has 0 bridgehead atoms. The van der Waals surface area contributed by atoms with E-state index in [-0.39, 0.29) is 5.91 Å². The molecule has 2 aromatic rings. The average molecular weight is 268 g/mol. The lowest BCUT2D eigenvalue weighted by Crippen LogP contribution is -2.55. The molecule has 5 heteroatoms. The Morgan fingerprint density at radius 3 is 2.85 bits per heavy atom. The van der Waals surface area contributed by atoms with Crippen LogP contribution in [-0.4, -0.2) is 38.2 Å². The van der Waals surface area contributed by atoms with Gasteiger partial charge in [-0.15, -0.1) is 10.2 Å². The maximum atomic E-state index is 12.6. The first kappa shape index (κ1) is 11.6. The van der Waals surface area contributed by atoms with Gasteiger partial charge in [0.2, 0.25) is 0 Å². The van der Waals surface area contributed by atoms with E-state index in [1.54, 1.807) is 12.7 Å². The molecule has 0 unspecified atom stereocenters. The molecule has 20 heavy (non-hydrogen) atoms. The Hall–Kier alpha value is -2.17. The molecule has 5 nitrogen and oxygen atoms in total. The standard InChI is InChI=1S/C15H16N4O/c20-15(19-8-12-4-2-6-14(12)19)11-3-1-5-13(7-11)18-9-16-17-10-18/h1,3,5,7,9-10,12,14H,2,4,6,8H2/t12-,14-/m0/s1. The highest BCUT2D eigenvalue weighted by atomic mass is 16.2. The number of hydrogen-bond acceptors (Lipinski definition) is 3. The minimum Gasteiger partial charge on any atom is -0.335 e. The second-order valence-corrected chi connectivity index (χ2v) is 5.64. The Balaban J connectivity index is 1.59. The molecule has 4 rings (SSSR count). The lowest BCUT2D eigenvalue weighted by Gasteiger charge is -2.44. The van der Waals surface area contributed by atoms with Gasteiger partial charge in [0.25, 0.3) is 5.91 Å². The second-order valence-electron chi connectivity index (χ2n) is 5.64. The summed E-state index contributed by atoms with van der Waals surface area (Å²) in [5.41, 5.74) is 1.67. The third kappa shape index (κ3) is 1.73. The normalized spacial score (nSPS) is 24.3. The SMILES string of the molecule is O=C(c1cccc(-n2cnnc2)c1)N1C[C@@H]2CCC[C@@H]21. The van der Waals surface area contributed by atoms with Gasteiger partial charge in [0.05, 0.1) is 0 Å². The summed E-state index contributed by atoms with van der Waals surface area (Å²) < 4.78 is 1.81. The fraction of sp³-hybridized carbons (Fsp3) is 0.400. The van der Waals surface area contributed by atoms with Crippen LogP contribution in [0, 0.1) is 5.92 Å². The van der Waals surface area contributed by atoms with Crippen LogP contribution >= 0.6 is 0 Å². The summed E-state index contributed by atoms with van der Waals surface area (Å²) in [5, 5.41) is 7.59. The van der Waals surface area contributed by atoms with E-state index in [0.29, 0.717) is 6.04 Å². The largest absolute Gasteiger partial charge is 0.335 e. The van der Waals surface area contributed by atoms with Crippen LogP contribution in [0.2, 0.25) is 0 Å². The van der Waals surface area contributed by atoms with Crippen molar-refractivity contribution >= 4 is 5.91 Å². The lowest BCUT2D eigenvalue weighted by molar-refractivity contribution is 0.0269. The maximum Gasteiger partial charge on any atom is 0.254 e. The monoisotopic (exact) mass is 268 g/mol. The summed E-state index contributed by atoms with van der Waals surface area (Å²) in [5.74, 6) is 0.906. The topological polar surface area (TPSA) is 51.0 Å². The van der Waals surface area contributed by atoms with Crippen LogP contribution in [0.1, 0.15) is 29.6 Å². The van der Waals surface area contributed by atoms with Crippen molar-refractivity contribution in [3.63, 3.8) is 0 Å². The number of fused-ring (bicyclic) bond motifs is 1. The number of benzene rings is 1. The predicted octanol–water partition coefficient (Wildman–Crippen LogP) is 1.89. The summed E-state index contributed by atoms with van der Waals surface area (Å²) in [7, 11) is 0. The van der Waals surface area contributed by atoms with Crippen molar-refractivity contribution in [3.8, 4) is 5.69 Å². The quantitative estimate of drug-likeness (QED) is 0.835. The van der Waals surface area contributed by atoms with Crippen molar-refractivity contribution in [2.45, 2.75) is 25.3 Å². The number of nitrogens with zero attached hydrogens (tertiary/aromatic N) is 4. The fourth-order valence-corrected chi connectivity index (χ4v) is 3.42. The average Bonchev–Trinajstić information content (AvgIpc) is 3.10. The zero-order chi connectivity index (χ0) is 13.5. The first-order chi connectivity index (χ1) is 9.83. The molecule has 1 amide bonds. The van der Waals surface area contributed by atoms with Gasteiger partial charge in [-0.05, 0) is 37.0 Å². The molecule has 1 aromatic carbocycles. The van der Waals surface area contributed by atoms with Crippen molar-refractivity contribution in [2.24, 2.45) is 5.92 Å². The summed E-state index contributed by atoms with van der Waals surface area (Å²) in [6.07, 6.45) is 7.00. The van der Waals surface area contributed by atoms with E-state index in [1.165, 1.54) is 19.3 Å². The van der Waals surface area contributed by atoms with Crippen LogP contribution in [0.4, 0.5) is 0 Å². The number of hydrogen-bond donors (Lipinski definition) is 0. The molecule has 1 aliphatic carbocycles. The molecule has 2 atom stereocenters. The van der Waals surface area contributed by atoms with Gasteiger partial charge in [0.1, 0.15) is 12.7 Å². The van der Waals surface area contributed by atoms with E-state index in [0.717, 1.165) is 23.7 Å². The summed E-state index contributed by atoms with van der Waals surface area (Å²) in [6, 6.07) is 8.15. The minimum absolute atomic E-state index is 0.156. The number of carbonyl (C=O) groups is 1. The van der Waals surface area contributed by atoms with Gasteiger partial charge >= 0.3 is 0 Å². The van der Waals surface area contributed by atoms with E-state index in [1.807, 2.05) is 33.7 Å². The molecule has 2 aliphatic rings. The predicted molar refractivity (Wildman–Crippen MR) is 73.5 cm³/mol. The van der Waals surface area contributed by atoms with Crippen molar-refractivity contribution in [1.29, 1.82) is 0 Å².